The monoisotopic (exact) mass is 132 g/mol. The number of carbonyl (C=O) groups excluding carboxylic acids is 1. The Morgan fingerprint density at radius 2 is 2.22 bits per heavy atom. The number of aliphatic carboxylic acids is 1. The summed E-state index contributed by atoms with van der Waals surface area (Å²) in [6.45, 7) is 0. The Labute approximate surface area is 50.8 Å². The zero-order valence-corrected chi connectivity index (χ0v) is 4.50. The highest BCUT2D eigenvalue weighted by molar-refractivity contribution is 5.72. The number of allylic oxidation sites excluding steroid dienone is 1. The molecule has 0 spiro atoms. The Morgan fingerprint density at radius 1 is 1.67 bits per heavy atom. The number of aldehydes is 1. The number of carbonyl (C=O) groups is 2. The number of rotatable bonds is 3. The summed E-state index contributed by atoms with van der Waals surface area (Å²) in [7, 11) is 0. The topological polar surface area (TPSA) is 54.4 Å². The Hall–Kier alpha value is -1.19. The first-order valence-corrected chi connectivity index (χ1v) is 2.18. The van der Waals surface area contributed by atoms with E-state index in [0.29, 0.717) is 6.08 Å². The molecule has 0 aliphatic heterocycles. The van der Waals surface area contributed by atoms with Crippen molar-refractivity contribution in [2.45, 2.75) is 6.42 Å². The van der Waals surface area contributed by atoms with Gasteiger partial charge in [0, 0.05) is 6.08 Å². The van der Waals surface area contributed by atoms with E-state index in [1.54, 1.807) is 0 Å². The molecule has 0 rings (SSSR count). The maximum absolute atomic E-state index is 11.9. The van der Waals surface area contributed by atoms with Crippen molar-refractivity contribution >= 4 is 12.3 Å². The smallest absolute Gasteiger partial charge is 0.310 e. The number of carboxylic acid groups (broad SMARTS) is 1. The molecule has 0 unspecified atom stereocenters. The SMILES string of the molecule is O=C/C=C(\F)CC(=O)O. The lowest BCUT2D eigenvalue weighted by Crippen LogP contribution is -1.93. The van der Waals surface area contributed by atoms with Gasteiger partial charge in [0.1, 0.15) is 12.1 Å². The van der Waals surface area contributed by atoms with Crippen LogP contribution in [0, 0.1) is 0 Å². The van der Waals surface area contributed by atoms with Crippen molar-refractivity contribution in [3.05, 3.63) is 11.9 Å². The fourth-order valence-corrected chi connectivity index (χ4v) is 0.277. The average Bonchev–Trinajstić information content (AvgIpc) is 1.63. The first kappa shape index (κ1) is 7.81. The van der Waals surface area contributed by atoms with Crippen LogP contribution in [0.25, 0.3) is 0 Å². The molecule has 0 aromatic heterocycles. The molecule has 4 heteroatoms. The molecule has 0 atom stereocenters. The first-order chi connectivity index (χ1) is 4.16. The van der Waals surface area contributed by atoms with Crippen LogP contribution in [0.1, 0.15) is 6.42 Å². The van der Waals surface area contributed by atoms with E-state index in [9.17, 15) is 14.0 Å². The van der Waals surface area contributed by atoms with Crippen molar-refractivity contribution in [1.29, 1.82) is 0 Å². The third kappa shape index (κ3) is 4.67. The van der Waals surface area contributed by atoms with Crippen LogP contribution in [-0.4, -0.2) is 17.4 Å². The van der Waals surface area contributed by atoms with E-state index in [-0.39, 0.29) is 6.29 Å². The second kappa shape index (κ2) is 3.77. The molecule has 0 fully saturated rings. The van der Waals surface area contributed by atoms with Crippen molar-refractivity contribution in [3.63, 3.8) is 0 Å². The lowest BCUT2D eigenvalue weighted by atomic mass is 10.4. The molecule has 50 valence electrons. The lowest BCUT2D eigenvalue weighted by Gasteiger charge is -1.85. The van der Waals surface area contributed by atoms with Gasteiger partial charge in [0.15, 0.2) is 0 Å². The number of halogens is 1. The van der Waals surface area contributed by atoms with E-state index in [1.165, 1.54) is 0 Å². The minimum absolute atomic E-state index is 0.207. The Kier molecular flexibility index (Phi) is 3.27. The van der Waals surface area contributed by atoms with Crippen molar-refractivity contribution in [2.75, 3.05) is 0 Å². The standard InChI is InChI=1S/C5H5FO3/c6-4(1-2-7)3-5(8)9/h1-2H,3H2,(H,8,9)/b4-1-. The molecule has 0 bridgehead atoms. The van der Waals surface area contributed by atoms with E-state index in [4.69, 9.17) is 5.11 Å². The zero-order chi connectivity index (χ0) is 7.28. The minimum Gasteiger partial charge on any atom is -0.481 e. The van der Waals surface area contributed by atoms with Gasteiger partial charge in [-0.25, -0.2) is 4.39 Å². The summed E-state index contributed by atoms with van der Waals surface area (Å²) in [5.41, 5.74) is 0. The van der Waals surface area contributed by atoms with Gasteiger partial charge in [-0.05, 0) is 0 Å². The summed E-state index contributed by atoms with van der Waals surface area (Å²) in [5.74, 6) is -2.22. The van der Waals surface area contributed by atoms with Crippen LogP contribution in [0.3, 0.4) is 0 Å². The predicted molar refractivity (Wildman–Crippen MR) is 27.5 cm³/mol. The summed E-state index contributed by atoms with van der Waals surface area (Å²) in [5, 5.41) is 7.91. The fourth-order valence-electron chi connectivity index (χ4n) is 0.277. The van der Waals surface area contributed by atoms with Gasteiger partial charge in [-0.1, -0.05) is 0 Å². The Balaban J connectivity index is 3.75. The van der Waals surface area contributed by atoms with Gasteiger partial charge in [0.25, 0.3) is 0 Å². The highest BCUT2D eigenvalue weighted by Crippen LogP contribution is 1.99. The molecule has 0 aliphatic rings. The molecule has 0 radical (unpaired) electrons. The fraction of sp³-hybridized carbons (Fsp3) is 0.200. The van der Waals surface area contributed by atoms with Crippen molar-refractivity contribution in [2.24, 2.45) is 0 Å². The molecular weight excluding hydrogens is 127 g/mol. The largest absolute Gasteiger partial charge is 0.481 e. The van der Waals surface area contributed by atoms with Crippen LogP contribution in [0.4, 0.5) is 4.39 Å². The lowest BCUT2D eigenvalue weighted by molar-refractivity contribution is -0.136. The molecule has 0 aliphatic carbocycles. The normalized spacial score (nSPS) is 11.0. The highest BCUT2D eigenvalue weighted by atomic mass is 19.1. The van der Waals surface area contributed by atoms with Gasteiger partial charge < -0.3 is 5.11 Å². The summed E-state index contributed by atoms with van der Waals surface area (Å²) in [6, 6.07) is 0. The zero-order valence-electron chi connectivity index (χ0n) is 4.50. The van der Waals surface area contributed by atoms with E-state index in [1.807, 2.05) is 0 Å². The van der Waals surface area contributed by atoms with Gasteiger partial charge >= 0.3 is 5.97 Å². The van der Waals surface area contributed by atoms with Crippen LogP contribution in [0.2, 0.25) is 0 Å². The summed E-state index contributed by atoms with van der Waals surface area (Å²) in [6.07, 6.45) is 0.0606. The highest BCUT2D eigenvalue weighted by Gasteiger charge is 2.00. The first-order valence-electron chi connectivity index (χ1n) is 2.18. The molecule has 0 aromatic rings. The van der Waals surface area contributed by atoms with Gasteiger partial charge in [-0.15, -0.1) is 0 Å². The summed E-state index contributed by atoms with van der Waals surface area (Å²) in [4.78, 5) is 19.2. The Bertz CT molecular complexity index is 150. The molecule has 0 amide bonds. The predicted octanol–water partition coefficient (Wildman–Crippen LogP) is 0.513. The third-order valence-electron chi connectivity index (χ3n) is 0.569. The van der Waals surface area contributed by atoms with Gasteiger partial charge in [-0.2, -0.15) is 0 Å². The van der Waals surface area contributed by atoms with Crippen LogP contribution >= 0.6 is 0 Å². The second-order valence-electron chi connectivity index (χ2n) is 1.32. The van der Waals surface area contributed by atoms with Crippen molar-refractivity contribution in [3.8, 4) is 0 Å². The van der Waals surface area contributed by atoms with Crippen LogP contribution in [0.15, 0.2) is 11.9 Å². The third-order valence-corrected chi connectivity index (χ3v) is 0.569. The molecule has 0 saturated heterocycles. The molecule has 3 nitrogen and oxygen atoms in total. The van der Waals surface area contributed by atoms with Crippen LogP contribution < -0.4 is 0 Å². The Morgan fingerprint density at radius 3 is 2.56 bits per heavy atom. The number of hydrogen-bond acceptors (Lipinski definition) is 2. The van der Waals surface area contributed by atoms with Crippen LogP contribution in [0.5, 0.6) is 0 Å². The average molecular weight is 132 g/mol. The maximum Gasteiger partial charge on any atom is 0.310 e. The second-order valence-corrected chi connectivity index (χ2v) is 1.32. The molecule has 0 saturated carbocycles. The molecule has 9 heavy (non-hydrogen) atoms. The van der Waals surface area contributed by atoms with E-state index in [2.05, 4.69) is 0 Å². The summed E-state index contributed by atoms with van der Waals surface area (Å²) >= 11 is 0. The summed E-state index contributed by atoms with van der Waals surface area (Å²) < 4.78 is 11.9. The van der Waals surface area contributed by atoms with Crippen molar-refractivity contribution in [1.82, 2.24) is 0 Å². The quantitative estimate of drug-likeness (QED) is 0.449. The van der Waals surface area contributed by atoms with Crippen LogP contribution in [-0.2, 0) is 9.59 Å². The number of carboxylic acids is 1. The number of hydrogen-bond donors (Lipinski definition) is 1. The van der Waals surface area contributed by atoms with E-state index >= 15 is 0 Å². The molecule has 0 heterocycles. The minimum atomic E-state index is -1.29. The molecule has 0 aromatic carbocycles. The van der Waals surface area contributed by atoms with Gasteiger partial charge in [0.2, 0.25) is 0 Å². The van der Waals surface area contributed by atoms with E-state index < -0.39 is 18.2 Å². The van der Waals surface area contributed by atoms with E-state index in [0.717, 1.165) is 0 Å². The van der Waals surface area contributed by atoms with Gasteiger partial charge in [-0.3, -0.25) is 9.59 Å². The molecule has 1 N–H and O–H groups in total. The maximum atomic E-state index is 11.9. The van der Waals surface area contributed by atoms with Gasteiger partial charge in [0.05, 0.1) is 6.42 Å². The molecular formula is C5H5FO3. The van der Waals surface area contributed by atoms with Crippen molar-refractivity contribution < 1.29 is 19.1 Å².